The van der Waals surface area contributed by atoms with Crippen molar-refractivity contribution in [3.8, 4) is 11.8 Å². The lowest BCUT2D eigenvalue weighted by Crippen LogP contribution is -2.33. The fourth-order valence-electron chi connectivity index (χ4n) is 1.02. The smallest absolute Gasteiger partial charge is 0.115 e. The van der Waals surface area contributed by atoms with Crippen LogP contribution >= 0.6 is 0 Å². The first-order chi connectivity index (χ1) is 6.52. The normalized spacial score (nSPS) is 12.1. The molecule has 0 aromatic heterocycles. The summed E-state index contributed by atoms with van der Waals surface area (Å²) in [4.78, 5) is 0. The highest BCUT2D eigenvalue weighted by molar-refractivity contribution is 7.06. The first-order valence-electron chi connectivity index (χ1n) is 5.29. The number of hydrogen-bond donors (Lipinski definition) is 1. The second-order valence-electron chi connectivity index (χ2n) is 4.49. The topological polar surface area (TPSA) is 38.4 Å². The lowest BCUT2D eigenvalue weighted by atomic mass is 10.2. The molecule has 0 aromatic rings. The second-order valence-corrected chi connectivity index (χ2v) is 9.46. The van der Waals surface area contributed by atoms with E-state index in [2.05, 4.69) is 43.5 Å². The molecule has 0 aliphatic rings. The Morgan fingerprint density at radius 3 is 2.36 bits per heavy atom. The number of nitrogens with two attached hydrogens (primary N) is 1. The van der Waals surface area contributed by atoms with Crippen LogP contribution in [0.5, 0.6) is 0 Å². The molecule has 14 heavy (non-hydrogen) atoms. The molecule has 0 saturated heterocycles. The summed E-state index contributed by atoms with van der Waals surface area (Å²) >= 11 is 0. The van der Waals surface area contributed by atoms with Crippen LogP contribution in [0.15, 0.2) is 5.10 Å². The molecule has 3 heteroatoms. The molecule has 0 spiro atoms. The van der Waals surface area contributed by atoms with Crippen LogP contribution in [0.4, 0.5) is 0 Å². The summed E-state index contributed by atoms with van der Waals surface area (Å²) in [5.74, 6) is 11.6. The fourth-order valence-corrected chi connectivity index (χ4v) is 1.87. The summed E-state index contributed by atoms with van der Waals surface area (Å²) < 4.78 is 0. The molecule has 80 valence electrons. The van der Waals surface area contributed by atoms with Gasteiger partial charge in [-0.2, -0.15) is 5.10 Å². The van der Waals surface area contributed by atoms with Crippen molar-refractivity contribution in [3.05, 3.63) is 0 Å². The number of nitrogens with zero attached hydrogens (tertiary/aromatic N) is 1. The summed E-state index contributed by atoms with van der Waals surface area (Å²) in [5, 5.41) is 4.71. The molecule has 2 nitrogen and oxygen atoms in total. The molecular formula is C11H22N2Si. The highest BCUT2D eigenvalue weighted by Crippen LogP contribution is 2.03. The molecule has 0 saturated carbocycles. The number of hydrogen-bond acceptors (Lipinski definition) is 2. The molecule has 0 unspecified atom stereocenters. The highest BCUT2D eigenvalue weighted by Gasteiger charge is 2.19. The first-order valence-corrected chi connectivity index (χ1v) is 8.79. The maximum Gasteiger partial charge on any atom is 0.115 e. The molecule has 0 aliphatic carbocycles. The SMILES string of the molecule is CCCCCC#C/C(=N\N)[Si](C)(C)C. The van der Waals surface area contributed by atoms with Crippen LogP contribution < -0.4 is 5.84 Å². The lowest BCUT2D eigenvalue weighted by Gasteiger charge is -2.12. The van der Waals surface area contributed by atoms with Crippen molar-refractivity contribution < 1.29 is 0 Å². The minimum absolute atomic E-state index is 0.925. The van der Waals surface area contributed by atoms with E-state index in [1.165, 1.54) is 19.3 Å². The highest BCUT2D eigenvalue weighted by atomic mass is 28.3. The van der Waals surface area contributed by atoms with E-state index < -0.39 is 8.07 Å². The fraction of sp³-hybridized carbons (Fsp3) is 0.727. The van der Waals surface area contributed by atoms with Gasteiger partial charge in [-0.25, -0.2) is 0 Å². The summed E-state index contributed by atoms with van der Waals surface area (Å²) in [7, 11) is -1.40. The predicted molar refractivity (Wildman–Crippen MR) is 66.9 cm³/mol. The van der Waals surface area contributed by atoms with Gasteiger partial charge in [-0.1, -0.05) is 51.2 Å². The minimum atomic E-state index is -1.40. The van der Waals surface area contributed by atoms with E-state index in [-0.39, 0.29) is 0 Å². The van der Waals surface area contributed by atoms with Crippen LogP contribution in [0.25, 0.3) is 0 Å². The van der Waals surface area contributed by atoms with Gasteiger partial charge in [-0.05, 0) is 6.42 Å². The van der Waals surface area contributed by atoms with Crippen LogP contribution in [-0.2, 0) is 0 Å². The van der Waals surface area contributed by atoms with Crippen molar-refractivity contribution in [2.24, 2.45) is 10.9 Å². The number of hydrazone groups is 1. The van der Waals surface area contributed by atoms with E-state index in [9.17, 15) is 0 Å². The minimum Gasteiger partial charge on any atom is -0.323 e. The lowest BCUT2D eigenvalue weighted by molar-refractivity contribution is 0.737. The first kappa shape index (κ1) is 13.2. The maximum atomic E-state index is 5.32. The summed E-state index contributed by atoms with van der Waals surface area (Å²) in [6.07, 6.45) is 4.66. The van der Waals surface area contributed by atoms with Gasteiger partial charge in [0.2, 0.25) is 0 Å². The second kappa shape index (κ2) is 6.66. The molecule has 0 amide bonds. The Morgan fingerprint density at radius 1 is 1.29 bits per heavy atom. The third-order valence-corrected chi connectivity index (χ3v) is 3.63. The molecule has 0 atom stereocenters. The zero-order valence-corrected chi connectivity index (χ0v) is 10.9. The van der Waals surface area contributed by atoms with Gasteiger partial charge >= 0.3 is 0 Å². The molecule has 0 heterocycles. The van der Waals surface area contributed by atoms with E-state index in [1.807, 2.05) is 0 Å². The summed E-state index contributed by atoms with van der Waals surface area (Å²) in [6, 6.07) is 0. The average Bonchev–Trinajstić information content (AvgIpc) is 2.09. The third-order valence-electron chi connectivity index (χ3n) is 1.95. The largest absolute Gasteiger partial charge is 0.323 e. The Hall–Kier alpha value is -0.753. The number of rotatable bonds is 4. The Bertz CT molecular complexity index is 240. The van der Waals surface area contributed by atoms with Crippen molar-refractivity contribution in [2.75, 3.05) is 0 Å². The van der Waals surface area contributed by atoms with Crippen LogP contribution in [0, 0.1) is 11.8 Å². The predicted octanol–water partition coefficient (Wildman–Crippen LogP) is 2.76. The Kier molecular flexibility index (Phi) is 6.31. The quantitative estimate of drug-likeness (QED) is 0.190. The van der Waals surface area contributed by atoms with Gasteiger partial charge in [-0.3, -0.25) is 0 Å². The van der Waals surface area contributed by atoms with Crippen molar-refractivity contribution in [2.45, 2.75) is 52.2 Å². The molecule has 0 aliphatic heterocycles. The van der Waals surface area contributed by atoms with Crippen molar-refractivity contribution >= 4 is 13.4 Å². The molecule has 2 N–H and O–H groups in total. The van der Waals surface area contributed by atoms with Crippen molar-refractivity contribution in [1.82, 2.24) is 0 Å². The van der Waals surface area contributed by atoms with Crippen LogP contribution in [0.1, 0.15) is 32.6 Å². The van der Waals surface area contributed by atoms with E-state index in [4.69, 9.17) is 5.84 Å². The van der Waals surface area contributed by atoms with Gasteiger partial charge in [0.15, 0.2) is 0 Å². The maximum absolute atomic E-state index is 5.32. The van der Waals surface area contributed by atoms with Gasteiger partial charge in [0.25, 0.3) is 0 Å². The third kappa shape index (κ3) is 5.82. The van der Waals surface area contributed by atoms with Gasteiger partial charge < -0.3 is 5.84 Å². The Balaban J connectivity index is 4.07. The van der Waals surface area contributed by atoms with Crippen LogP contribution in [-0.4, -0.2) is 13.4 Å². The molecule has 0 fully saturated rings. The van der Waals surface area contributed by atoms with E-state index >= 15 is 0 Å². The molecule has 0 radical (unpaired) electrons. The standard InChI is InChI=1S/C11H22N2Si/c1-5-6-7-8-9-10-11(13-12)14(2,3)4/h5-8,12H2,1-4H3/b13-11+. The van der Waals surface area contributed by atoms with E-state index in [1.54, 1.807) is 0 Å². The van der Waals surface area contributed by atoms with Gasteiger partial charge in [0, 0.05) is 6.42 Å². The monoisotopic (exact) mass is 210 g/mol. The zero-order chi connectivity index (χ0) is 11.0. The van der Waals surface area contributed by atoms with Gasteiger partial charge in [0.1, 0.15) is 8.07 Å². The zero-order valence-electron chi connectivity index (χ0n) is 9.85. The van der Waals surface area contributed by atoms with Gasteiger partial charge in [0.05, 0.1) is 5.33 Å². The molecule has 0 bridgehead atoms. The van der Waals surface area contributed by atoms with Gasteiger partial charge in [-0.15, -0.1) is 0 Å². The molecular weight excluding hydrogens is 188 g/mol. The molecule has 0 aromatic carbocycles. The average molecular weight is 210 g/mol. The van der Waals surface area contributed by atoms with Crippen molar-refractivity contribution in [1.29, 1.82) is 0 Å². The van der Waals surface area contributed by atoms with E-state index in [0.717, 1.165) is 11.8 Å². The molecule has 0 rings (SSSR count). The van der Waals surface area contributed by atoms with Crippen LogP contribution in [0.3, 0.4) is 0 Å². The Labute approximate surface area is 89.0 Å². The number of unbranched alkanes of at least 4 members (excludes halogenated alkanes) is 3. The van der Waals surface area contributed by atoms with Crippen LogP contribution in [0.2, 0.25) is 19.6 Å². The summed E-state index contributed by atoms with van der Waals surface area (Å²) in [5.41, 5.74) is 0. The summed E-state index contributed by atoms with van der Waals surface area (Å²) in [6.45, 7) is 8.82. The van der Waals surface area contributed by atoms with E-state index in [0.29, 0.717) is 0 Å². The van der Waals surface area contributed by atoms with Crippen molar-refractivity contribution in [3.63, 3.8) is 0 Å². The Morgan fingerprint density at radius 2 is 1.93 bits per heavy atom.